The molecule has 0 spiro atoms. The molecular formula is C15H18BrNO3. The Morgan fingerprint density at radius 2 is 2.20 bits per heavy atom. The van der Waals surface area contributed by atoms with Crippen LogP contribution in [-0.2, 0) is 4.74 Å². The molecule has 2 N–H and O–H groups in total. The second-order valence-corrected chi connectivity index (χ2v) is 6.44. The van der Waals surface area contributed by atoms with Gasteiger partial charge in [0.25, 0.3) is 0 Å². The Balaban J connectivity index is 1.59. The lowest BCUT2D eigenvalue weighted by Gasteiger charge is -2.40. The van der Waals surface area contributed by atoms with Crippen LogP contribution in [0.2, 0.25) is 0 Å². The summed E-state index contributed by atoms with van der Waals surface area (Å²) in [5.41, 5.74) is 2.23. The predicted octanol–water partition coefficient (Wildman–Crippen LogP) is 1.82. The van der Waals surface area contributed by atoms with Crippen LogP contribution in [0.15, 0.2) is 28.2 Å². The van der Waals surface area contributed by atoms with Gasteiger partial charge in [0.1, 0.15) is 12.4 Å². The molecule has 0 atom stereocenters. The molecule has 2 aliphatic rings. The number of aliphatic hydroxyl groups is 1. The van der Waals surface area contributed by atoms with Crippen LogP contribution in [-0.4, -0.2) is 44.6 Å². The molecule has 0 bridgehead atoms. The molecule has 5 heteroatoms. The minimum absolute atomic E-state index is 0.0863. The van der Waals surface area contributed by atoms with Crippen LogP contribution >= 0.6 is 15.9 Å². The van der Waals surface area contributed by atoms with Gasteiger partial charge in [-0.1, -0.05) is 15.9 Å². The number of halogens is 1. The Morgan fingerprint density at radius 3 is 2.90 bits per heavy atom. The average molecular weight is 340 g/mol. The maximum absolute atomic E-state index is 9.37. The van der Waals surface area contributed by atoms with Crippen molar-refractivity contribution in [2.24, 2.45) is 5.41 Å². The molecule has 0 aliphatic carbocycles. The van der Waals surface area contributed by atoms with Gasteiger partial charge in [-0.2, -0.15) is 0 Å². The molecule has 20 heavy (non-hydrogen) atoms. The largest absolute Gasteiger partial charge is 0.489 e. The summed E-state index contributed by atoms with van der Waals surface area (Å²) < 4.78 is 12.0. The Kier molecular flexibility index (Phi) is 4.12. The molecule has 1 saturated heterocycles. The van der Waals surface area contributed by atoms with Crippen LogP contribution in [0.4, 0.5) is 0 Å². The summed E-state index contributed by atoms with van der Waals surface area (Å²) in [4.78, 5) is 0. The minimum Gasteiger partial charge on any atom is -0.489 e. The van der Waals surface area contributed by atoms with E-state index in [0.29, 0.717) is 19.8 Å². The molecule has 1 aromatic rings. The van der Waals surface area contributed by atoms with Crippen LogP contribution in [0, 0.1) is 5.41 Å². The zero-order valence-corrected chi connectivity index (χ0v) is 12.8. The number of rotatable bonds is 5. The number of fused-ring (bicyclic) bond motifs is 1. The van der Waals surface area contributed by atoms with Crippen molar-refractivity contribution in [3.05, 3.63) is 33.8 Å². The van der Waals surface area contributed by atoms with E-state index in [4.69, 9.17) is 9.47 Å². The number of nitrogens with one attached hydrogen (secondary N) is 1. The van der Waals surface area contributed by atoms with Crippen molar-refractivity contribution in [1.29, 1.82) is 0 Å². The first kappa shape index (κ1) is 14.1. The third-order valence-electron chi connectivity index (χ3n) is 3.75. The van der Waals surface area contributed by atoms with Gasteiger partial charge >= 0.3 is 0 Å². The standard InChI is InChI=1S/C15H18BrNO3/c16-13-1-2-14-12(4-13)3-11(6-20-14)5-17-7-15(8-18)9-19-10-15/h1-4,17-18H,5-10H2. The molecular weight excluding hydrogens is 322 g/mol. The highest BCUT2D eigenvalue weighted by molar-refractivity contribution is 9.10. The number of benzene rings is 1. The van der Waals surface area contributed by atoms with Gasteiger partial charge in [0.15, 0.2) is 0 Å². The van der Waals surface area contributed by atoms with Gasteiger partial charge in [0.05, 0.1) is 25.2 Å². The number of hydrogen-bond acceptors (Lipinski definition) is 4. The molecule has 0 aromatic heterocycles. The highest BCUT2D eigenvalue weighted by Crippen LogP contribution is 2.29. The van der Waals surface area contributed by atoms with Gasteiger partial charge < -0.3 is 19.9 Å². The molecule has 3 rings (SSSR count). The summed E-state index contributed by atoms with van der Waals surface area (Å²) in [7, 11) is 0. The summed E-state index contributed by atoms with van der Waals surface area (Å²) in [6, 6.07) is 6.02. The van der Waals surface area contributed by atoms with E-state index in [1.54, 1.807) is 0 Å². The lowest BCUT2D eigenvalue weighted by molar-refractivity contribution is -0.134. The molecule has 1 fully saturated rings. The molecule has 108 valence electrons. The predicted molar refractivity (Wildman–Crippen MR) is 80.8 cm³/mol. The van der Waals surface area contributed by atoms with Crippen LogP contribution in [0.1, 0.15) is 5.56 Å². The second kappa shape index (κ2) is 5.85. The van der Waals surface area contributed by atoms with E-state index in [1.807, 2.05) is 12.1 Å². The number of aliphatic hydroxyl groups excluding tert-OH is 1. The zero-order chi connectivity index (χ0) is 14.0. The molecule has 2 heterocycles. The molecule has 4 nitrogen and oxygen atoms in total. The fraction of sp³-hybridized carbons (Fsp3) is 0.467. The summed E-state index contributed by atoms with van der Waals surface area (Å²) in [6.07, 6.45) is 2.17. The van der Waals surface area contributed by atoms with Crippen molar-refractivity contribution < 1.29 is 14.6 Å². The van der Waals surface area contributed by atoms with E-state index < -0.39 is 0 Å². The highest BCUT2D eigenvalue weighted by atomic mass is 79.9. The van der Waals surface area contributed by atoms with Crippen LogP contribution in [0.3, 0.4) is 0 Å². The van der Waals surface area contributed by atoms with Gasteiger partial charge in [-0.25, -0.2) is 0 Å². The maximum Gasteiger partial charge on any atom is 0.127 e. The van der Waals surface area contributed by atoms with Gasteiger partial charge in [-0.3, -0.25) is 0 Å². The normalized spacial score (nSPS) is 19.6. The van der Waals surface area contributed by atoms with E-state index >= 15 is 0 Å². The van der Waals surface area contributed by atoms with Gasteiger partial charge in [-0.05, 0) is 29.8 Å². The zero-order valence-electron chi connectivity index (χ0n) is 11.2. The van der Waals surface area contributed by atoms with Crippen LogP contribution < -0.4 is 10.1 Å². The Hall–Kier alpha value is -0.880. The monoisotopic (exact) mass is 339 g/mol. The average Bonchev–Trinajstić information content (AvgIpc) is 2.41. The van der Waals surface area contributed by atoms with Crippen molar-refractivity contribution >= 4 is 22.0 Å². The molecule has 0 amide bonds. The van der Waals surface area contributed by atoms with Crippen LogP contribution in [0.5, 0.6) is 5.75 Å². The first-order valence-corrected chi connectivity index (χ1v) is 7.51. The molecule has 0 radical (unpaired) electrons. The van der Waals surface area contributed by atoms with Crippen LogP contribution in [0.25, 0.3) is 6.08 Å². The van der Waals surface area contributed by atoms with Gasteiger partial charge in [-0.15, -0.1) is 0 Å². The second-order valence-electron chi connectivity index (χ2n) is 5.53. The summed E-state index contributed by atoms with van der Waals surface area (Å²) in [5.74, 6) is 0.927. The van der Waals surface area contributed by atoms with E-state index in [2.05, 4.69) is 33.4 Å². The number of ether oxygens (including phenoxy) is 2. The Morgan fingerprint density at radius 1 is 1.35 bits per heavy atom. The van der Waals surface area contributed by atoms with E-state index in [0.717, 1.165) is 28.9 Å². The van der Waals surface area contributed by atoms with Crippen molar-refractivity contribution in [2.45, 2.75) is 0 Å². The fourth-order valence-electron chi connectivity index (χ4n) is 2.43. The molecule has 0 unspecified atom stereocenters. The lowest BCUT2D eigenvalue weighted by Crippen LogP contribution is -2.52. The Bertz CT molecular complexity index is 520. The quantitative estimate of drug-likeness (QED) is 0.859. The third kappa shape index (κ3) is 2.91. The molecule has 0 saturated carbocycles. The SMILES string of the molecule is OCC1(CNCC2=Cc3cc(Br)ccc3OC2)COC1. The van der Waals surface area contributed by atoms with Crippen molar-refractivity contribution in [3.8, 4) is 5.75 Å². The van der Waals surface area contributed by atoms with Crippen molar-refractivity contribution in [1.82, 2.24) is 5.32 Å². The smallest absolute Gasteiger partial charge is 0.127 e. The van der Waals surface area contributed by atoms with E-state index in [9.17, 15) is 5.11 Å². The van der Waals surface area contributed by atoms with Crippen molar-refractivity contribution in [3.63, 3.8) is 0 Å². The fourth-order valence-corrected chi connectivity index (χ4v) is 2.80. The molecule has 1 aromatic carbocycles. The first-order chi connectivity index (χ1) is 9.71. The van der Waals surface area contributed by atoms with Gasteiger partial charge in [0.2, 0.25) is 0 Å². The van der Waals surface area contributed by atoms with E-state index in [-0.39, 0.29) is 12.0 Å². The lowest BCUT2D eigenvalue weighted by atomic mass is 9.87. The van der Waals surface area contributed by atoms with E-state index in [1.165, 1.54) is 5.57 Å². The summed E-state index contributed by atoms with van der Waals surface area (Å²) in [5, 5.41) is 12.8. The highest BCUT2D eigenvalue weighted by Gasteiger charge is 2.37. The van der Waals surface area contributed by atoms with Crippen molar-refractivity contribution in [2.75, 3.05) is 39.5 Å². The minimum atomic E-state index is -0.0863. The topological polar surface area (TPSA) is 50.7 Å². The third-order valence-corrected chi connectivity index (χ3v) is 4.24. The summed E-state index contributed by atoms with van der Waals surface area (Å²) >= 11 is 3.47. The molecule has 2 aliphatic heterocycles. The first-order valence-electron chi connectivity index (χ1n) is 6.72. The number of hydrogen-bond donors (Lipinski definition) is 2. The summed E-state index contributed by atoms with van der Waals surface area (Å²) in [6.45, 7) is 3.61. The maximum atomic E-state index is 9.37. The Labute approximate surface area is 126 Å². The van der Waals surface area contributed by atoms with Gasteiger partial charge in [0, 0.05) is 23.1 Å².